The van der Waals surface area contributed by atoms with Gasteiger partial charge in [-0.1, -0.05) is 37.1 Å². The van der Waals surface area contributed by atoms with Crippen LogP contribution in [0.2, 0.25) is 0 Å². The van der Waals surface area contributed by atoms with Crippen molar-refractivity contribution in [2.75, 3.05) is 6.54 Å². The van der Waals surface area contributed by atoms with Crippen molar-refractivity contribution >= 4 is 34.9 Å². The summed E-state index contributed by atoms with van der Waals surface area (Å²) in [6, 6.07) is 4.18. The van der Waals surface area contributed by atoms with E-state index in [1.165, 1.54) is 4.90 Å². The minimum atomic E-state index is -3.43. The lowest BCUT2D eigenvalue weighted by Gasteiger charge is -2.46. The Morgan fingerprint density at radius 3 is 2.40 bits per heavy atom. The molecule has 1 aromatic carbocycles. The van der Waals surface area contributed by atoms with E-state index in [-0.39, 0.29) is 31.3 Å². The number of carboxylic acid groups (broad SMARTS) is 1. The number of allylic oxidation sites excluding steroid dienone is 1. The predicted octanol–water partition coefficient (Wildman–Crippen LogP) is 4.85. The summed E-state index contributed by atoms with van der Waals surface area (Å²) in [6.07, 6.45) is 5.63. The summed E-state index contributed by atoms with van der Waals surface area (Å²) in [7, 11) is 0. The van der Waals surface area contributed by atoms with Crippen molar-refractivity contribution in [1.82, 2.24) is 25.5 Å². The smallest absolute Gasteiger partial charge is 0.408 e. The Morgan fingerprint density at radius 2 is 1.77 bits per heavy atom. The lowest BCUT2D eigenvalue weighted by molar-refractivity contribution is -0.156. The van der Waals surface area contributed by atoms with Crippen molar-refractivity contribution < 1.29 is 42.5 Å². The van der Waals surface area contributed by atoms with E-state index < -0.39 is 76.6 Å². The molecule has 3 aliphatic rings. The van der Waals surface area contributed by atoms with Crippen LogP contribution in [0.3, 0.4) is 0 Å². The molecule has 3 N–H and O–H groups in total. The summed E-state index contributed by atoms with van der Waals surface area (Å²) < 4.78 is 41.0. The summed E-state index contributed by atoms with van der Waals surface area (Å²) in [5.74, 6) is -6.80. The number of benzene rings is 1. The first-order valence-electron chi connectivity index (χ1n) is 16.4. The van der Waals surface area contributed by atoms with E-state index in [1.54, 1.807) is 45.0 Å². The predicted molar refractivity (Wildman–Crippen MR) is 170 cm³/mol. The van der Waals surface area contributed by atoms with Crippen molar-refractivity contribution in [3.63, 3.8) is 0 Å². The van der Waals surface area contributed by atoms with Gasteiger partial charge in [0.15, 0.2) is 5.69 Å². The molecule has 1 aliphatic carbocycles. The minimum Gasteiger partial charge on any atom is -0.479 e. The number of alkyl carbamates (subject to hydrolysis) is 1. The van der Waals surface area contributed by atoms with E-state index in [9.17, 15) is 33.1 Å². The number of carbonyl (C=O) groups is 4. The third kappa shape index (κ3) is 7.68. The standard InChI is InChI=1S/C34H43F2N5O7/c1-32(2,3)48-31(46)39-24-15-9-7-5-6-8-12-20-16-17-34(20,30(44)45)40-27(42)25-18-21(19-41(25)29(24)43)47-28-26(33(4,35)36)37-22-13-10-11-14-23(22)38-28/h8,10-14,20-21,24-25H,5-7,9,15-19H2,1-4H3,(H,39,46)(H,40,42)(H,44,45)/b12-8-/t20?,21-,24+,25+,34-/m1/s1. The number of alkyl halides is 2. The van der Waals surface area contributed by atoms with Crippen LogP contribution in [-0.2, 0) is 25.0 Å². The molecule has 1 saturated heterocycles. The van der Waals surface area contributed by atoms with Crippen LogP contribution in [0.25, 0.3) is 11.0 Å². The zero-order valence-electron chi connectivity index (χ0n) is 27.6. The first-order chi connectivity index (χ1) is 22.6. The summed E-state index contributed by atoms with van der Waals surface area (Å²) in [5, 5.41) is 15.6. The number of nitrogens with zero attached hydrogens (tertiary/aromatic N) is 3. The van der Waals surface area contributed by atoms with Gasteiger partial charge in [0.25, 0.3) is 5.92 Å². The van der Waals surface area contributed by atoms with Crippen molar-refractivity contribution in [3.05, 3.63) is 42.1 Å². The molecule has 2 aliphatic heterocycles. The molecule has 2 fully saturated rings. The van der Waals surface area contributed by atoms with Crippen LogP contribution in [0, 0.1) is 5.92 Å². The van der Waals surface area contributed by atoms with Gasteiger partial charge in [-0.3, -0.25) is 9.59 Å². The highest BCUT2D eigenvalue weighted by Crippen LogP contribution is 2.41. The minimum absolute atomic E-state index is 0.143. The van der Waals surface area contributed by atoms with E-state index in [2.05, 4.69) is 20.6 Å². The highest BCUT2D eigenvalue weighted by atomic mass is 19.3. The second-order valence-corrected chi connectivity index (χ2v) is 13.9. The molecule has 0 radical (unpaired) electrons. The number of nitrogens with one attached hydrogen (secondary N) is 2. The maximum absolute atomic E-state index is 14.8. The van der Waals surface area contributed by atoms with E-state index in [0.717, 1.165) is 12.8 Å². The van der Waals surface area contributed by atoms with Gasteiger partial charge in [-0.25, -0.2) is 19.6 Å². The third-order valence-electron chi connectivity index (χ3n) is 9.01. The van der Waals surface area contributed by atoms with Gasteiger partial charge < -0.3 is 30.1 Å². The Hall–Kier alpha value is -4.36. The highest BCUT2D eigenvalue weighted by molar-refractivity contribution is 5.95. The largest absolute Gasteiger partial charge is 0.479 e. The third-order valence-corrected chi connectivity index (χ3v) is 9.01. The number of fused-ring (bicyclic) bond motifs is 3. The number of hydrogen-bond acceptors (Lipinski definition) is 8. The molecule has 2 aromatic rings. The number of hydrogen-bond donors (Lipinski definition) is 3. The van der Waals surface area contributed by atoms with Crippen LogP contribution in [0.1, 0.15) is 84.8 Å². The Morgan fingerprint density at radius 1 is 1.06 bits per heavy atom. The summed E-state index contributed by atoms with van der Waals surface area (Å²) in [5.41, 5.74) is -2.53. The van der Waals surface area contributed by atoms with Gasteiger partial charge in [0.1, 0.15) is 29.3 Å². The number of para-hydroxylation sites is 2. The number of amides is 3. The molecule has 3 heterocycles. The lowest BCUT2D eigenvalue weighted by atomic mass is 9.66. The zero-order chi connectivity index (χ0) is 34.9. The second kappa shape index (κ2) is 13.6. The maximum Gasteiger partial charge on any atom is 0.408 e. The van der Waals surface area contributed by atoms with Gasteiger partial charge in [-0.2, -0.15) is 8.78 Å². The van der Waals surface area contributed by atoms with Crippen LogP contribution < -0.4 is 15.4 Å². The molecule has 0 bridgehead atoms. The molecule has 1 unspecified atom stereocenters. The van der Waals surface area contributed by atoms with Crippen LogP contribution in [-0.4, -0.2) is 79.7 Å². The molecule has 5 rings (SSSR count). The molecular formula is C34H43F2N5O7. The number of carbonyl (C=O) groups excluding carboxylic acids is 3. The fourth-order valence-corrected chi connectivity index (χ4v) is 6.48. The Bertz CT molecular complexity index is 1590. The van der Waals surface area contributed by atoms with E-state index in [1.807, 2.05) is 12.2 Å². The molecule has 5 atom stereocenters. The monoisotopic (exact) mass is 671 g/mol. The van der Waals surface area contributed by atoms with E-state index in [0.29, 0.717) is 31.7 Å². The molecule has 260 valence electrons. The number of ether oxygens (including phenoxy) is 2. The molecule has 0 spiro atoms. The highest BCUT2D eigenvalue weighted by Gasteiger charge is 2.55. The molecule has 1 aromatic heterocycles. The van der Waals surface area contributed by atoms with Gasteiger partial charge in [-0.05, 0) is 65.0 Å². The first kappa shape index (κ1) is 35.0. The van der Waals surface area contributed by atoms with Crippen LogP contribution >= 0.6 is 0 Å². The summed E-state index contributed by atoms with van der Waals surface area (Å²) in [4.78, 5) is 63.3. The SMILES string of the molecule is CC(C)(C)OC(=O)N[C@H]1CCCCC/C=C\C2CC[C@@]2(C(=O)O)NC(=O)[C@@H]2C[C@@H](Oc3nc4ccccc4nc3C(C)(F)F)CN2C1=O. The number of aromatic nitrogens is 2. The van der Waals surface area contributed by atoms with E-state index in [4.69, 9.17) is 9.47 Å². The molecule has 1 saturated carbocycles. The fraction of sp³-hybridized carbons (Fsp3) is 0.588. The van der Waals surface area contributed by atoms with Gasteiger partial charge in [0.2, 0.25) is 17.7 Å². The first-order valence-corrected chi connectivity index (χ1v) is 16.4. The lowest BCUT2D eigenvalue weighted by Crippen LogP contribution is -2.67. The average molecular weight is 672 g/mol. The Kier molecular flexibility index (Phi) is 9.93. The van der Waals surface area contributed by atoms with Crippen molar-refractivity contribution in [2.24, 2.45) is 5.92 Å². The molecule has 48 heavy (non-hydrogen) atoms. The van der Waals surface area contributed by atoms with Crippen molar-refractivity contribution in [1.29, 1.82) is 0 Å². The Labute approximate surface area is 277 Å². The number of rotatable bonds is 5. The molecule has 14 heteroatoms. The second-order valence-electron chi connectivity index (χ2n) is 13.9. The normalized spacial score (nSPS) is 27.8. The molecule has 12 nitrogen and oxygen atoms in total. The number of carboxylic acids is 1. The van der Waals surface area contributed by atoms with E-state index >= 15 is 0 Å². The quantitative estimate of drug-likeness (QED) is 0.378. The van der Waals surface area contributed by atoms with Gasteiger partial charge in [-0.15, -0.1) is 0 Å². The summed E-state index contributed by atoms with van der Waals surface area (Å²) in [6.45, 7) is 5.54. The van der Waals surface area contributed by atoms with Gasteiger partial charge in [0.05, 0.1) is 17.6 Å². The van der Waals surface area contributed by atoms with Crippen molar-refractivity contribution in [3.8, 4) is 5.88 Å². The average Bonchev–Trinajstić information content (AvgIpc) is 3.40. The molecule has 3 amide bonds. The fourth-order valence-electron chi connectivity index (χ4n) is 6.48. The zero-order valence-corrected chi connectivity index (χ0v) is 27.6. The number of aliphatic carboxylic acids is 1. The van der Waals surface area contributed by atoms with Crippen molar-refractivity contribution in [2.45, 2.75) is 114 Å². The van der Waals surface area contributed by atoms with Crippen LogP contribution in [0.5, 0.6) is 5.88 Å². The molecular weight excluding hydrogens is 628 g/mol. The topological polar surface area (TPSA) is 160 Å². The maximum atomic E-state index is 14.8. The van der Waals surface area contributed by atoms with Gasteiger partial charge in [0, 0.05) is 19.3 Å². The summed E-state index contributed by atoms with van der Waals surface area (Å²) >= 11 is 0. The number of halogens is 2. The van der Waals surface area contributed by atoms with Gasteiger partial charge >= 0.3 is 12.1 Å². The Balaban J connectivity index is 1.49. The van der Waals surface area contributed by atoms with Crippen LogP contribution in [0.15, 0.2) is 36.4 Å². The van der Waals surface area contributed by atoms with Crippen LogP contribution in [0.4, 0.5) is 13.6 Å².